The van der Waals surface area contributed by atoms with Crippen LogP contribution in [0.15, 0.2) is 60.7 Å². The lowest BCUT2D eigenvalue weighted by Gasteiger charge is -2.04. The molecule has 1 nitrogen and oxygen atoms in total. The van der Waals surface area contributed by atoms with Gasteiger partial charge in [0.05, 0.1) is 0 Å². The summed E-state index contributed by atoms with van der Waals surface area (Å²) in [4.78, 5) is 2.82. The van der Waals surface area contributed by atoms with Crippen molar-refractivity contribution in [3.8, 4) is 16.2 Å². The summed E-state index contributed by atoms with van der Waals surface area (Å²) in [6.07, 6.45) is 11.7. The van der Waals surface area contributed by atoms with Crippen LogP contribution < -0.4 is 4.74 Å². The first-order chi connectivity index (χ1) is 10.8. The number of benzene rings is 1. The SMILES string of the molecule is C/C=C/C=C/COc1ccc(-c2ccc(CCCC)s2)cc1. The molecule has 1 heterocycles. The van der Waals surface area contributed by atoms with Crippen LogP contribution in [0.2, 0.25) is 0 Å². The first-order valence-corrected chi connectivity index (χ1v) is 8.75. The van der Waals surface area contributed by atoms with E-state index in [1.165, 1.54) is 34.6 Å². The largest absolute Gasteiger partial charge is 0.490 e. The molecule has 1 aromatic heterocycles. The van der Waals surface area contributed by atoms with Gasteiger partial charge in [-0.2, -0.15) is 0 Å². The fourth-order valence-corrected chi connectivity index (χ4v) is 3.18. The number of hydrogen-bond donors (Lipinski definition) is 0. The summed E-state index contributed by atoms with van der Waals surface area (Å²) >= 11 is 1.90. The molecule has 2 aromatic rings. The molecular formula is C20H24OS. The number of hydrogen-bond acceptors (Lipinski definition) is 2. The van der Waals surface area contributed by atoms with E-state index in [0.29, 0.717) is 6.61 Å². The van der Waals surface area contributed by atoms with E-state index >= 15 is 0 Å². The van der Waals surface area contributed by atoms with Gasteiger partial charge in [-0.3, -0.25) is 0 Å². The predicted molar refractivity (Wildman–Crippen MR) is 97.8 cm³/mol. The van der Waals surface area contributed by atoms with Gasteiger partial charge in [0.25, 0.3) is 0 Å². The zero-order chi connectivity index (χ0) is 15.6. The van der Waals surface area contributed by atoms with E-state index in [2.05, 4.69) is 31.2 Å². The predicted octanol–water partition coefficient (Wildman–Crippen LogP) is 6.27. The highest BCUT2D eigenvalue weighted by Gasteiger charge is 2.03. The molecule has 0 aliphatic heterocycles. The van der Waals surface area contributed by atoms with Crippen molar-refractivity contribution in [3.63, 3.8) is 0 Å². The molecule has 0 saturated carbocycles. The van der Waals surface area contributed by atoms with Gasteiger partial charge in [-0.15, -0.1) is 11.3 Å². The number of unbranched alkanes of at least 4 members (excludes halogenated alkanes) is 1. The zero-order valence-corrected chi connectivity index (χ0v) is 14.2. The first-order valence-electron chi connectivity index (χ1n) is 7.93. The Morgan fingerprint density at radius 3 is 2.59 bits per heavy atom. The van der Waals surface area contributed by atoms with Crippen LogP contribution in [0.5, 0.6) is 5.75 Å². The van der Waals surface area contributed by atoms with E-state index in [1.807, 2.05) is 54.7 Å². The molecule has 22 heavy (non-hydrogen) atoms. The van der Waals surface area contributed by atoms with Gasteiger partial charge in [0.2, 0.25) is 0 Å². The number of rotatable bonds is 8. The summed E-state index contributed by atoms with van der Waals surface area (Å²) in [7, 11) is 0. The van der Waals surface area contributed by atoms with Crippen molar-refractivity contribution >= 4 is 11.3 Å². The summed E-state index contributed by atoms with van der Waals surface area (Å²) in [5.74, 6) is 0.914. The van der Waals surface area contributed by atoms with Gasteiger partial charge in [0.1, 0.15) is 12.4 Å². The molecule has 0 saturated heterocycles. The van der Waals surface area contributed by atoms with Crippen LogP contribution in [0, 0.1) is 0 Å². The van der Waals surface area contributed by atoms with E-state index in [0.717, 1.165) is 5.75 Å². The summed E-state index contributed by atoms with van der Waals surface area (Å²) in [6, 6.07) is 12.9. The van der Waals surface area contributed by atoms with Crippen molar-refractivity contribution in [2.45, 2.75) is 33.1 Å². The fourth-order valence-electron chi connectivity index (χ4n) is 2.12. The molecule has 0 spiro atoms. The molecule has 2 heteroatoms. The second-order valence-corrected chi connectivity index (χ2v) is 6.33. The molecule has 0 aliphatic carbocycles. The Hall–Kier alpha value is -1.80. The Morgan fingerprint density at radius 1 is 1.05 bits per heavy atom. The van der Waals surface area contributed by atoms with Crippen LogP contribution in [0.1, 0.15) is 31.6 Å². The highest BCUT2D eigenvalue weighted by molar-refractivity contribution is 7.15. The van der Waals surface area contributed by atoms with Crippen LogP contribution in [-0.2, 0) is 6.42 Å². The molecule has 0 amide bonds. The van der Waals surface area contributed by atoms with Gasteiger partial charge < -0.3 is 4.74 Å². The van der Waals surface area contributed by atoms with E-state index in [9.17, 15) is 0 Å². The Bertz CT molecular complexity index is 605. The lowest BCUT2D eigenvalue weighted by atomic mass is 10.2. The first kappa shape index (κ1) is 16.6. The van der Waals surface area contributed by atoms with Crippen LogP contribution in [0.3, 0.4) is 0 Å². The molecule has 0 N–H and O–H groups in total. The molecule has 1 aromatic carbocycles. The minimum atomic E-state index is 0.601. The third-order valence-electron chi connectivity index (χ3n) is 3.36. The van der Waals surface area contributed by atoms with Crippen LogP contribution in [-0.4, -0.2) is 6.61 Å². The van der Waals surface area contributed by atoms with Crippen molar-refractivity contribution in [2.24, 2.45) is 0 Å². The quantitative estimate of drug-likeness (QED) is 0.522. The van der Waals surface area contributed by atoms with Gasteiger partial charge in [-0.05, 0) is 67.8 Å². The molecule has 116 valence electrons. The lowest BCUT2D eigenvalue weighted by molar-refractivity contribution is 0.363. The van der Waals surface area contributed by atoms with Crippen molar-refractivity contribution in [3.05, 3.63) is 65.6 Å². The zero-order valence-electron chi connectivity index (χ0n) is 13.4. The monoisotopic (exact) mass is 312 g/mol. The average Bonchev–Trinajstić information content (AvgIpc) is 3.02. The Balaban J connectivity index is 1.92. The van der Waals surface area contributed by atoms with Gasteiger partial charge in [0, 0.05) is 9.75 Å². The third-order valence-corrected chi connectivity index (χ3v) is 4.56. The molecule has 0 bridgehead atoms. The molecule has 0 atom stereocenters. The standard InChI is InChI=1S/C20H24OS/c1-3-5-7-8-16-21-18-12-10-17(11-13-18)20-15-14-19(22-20)9-6-4-2/h3,5,7-8,10-15H,4,6,9,16H2,1-2H3/b5-3+,8-7+. The summed E-state index contributed by atoms with van der Waals surface area (Å²) < 4.78 is 5.68. The fraction of sp³-hybridized carbons (Fsp3) is 0.300. The van der Waals surface area contributed by atoms with Crippen molar-refractivity contribution in [1.82, 2.24) is 0 Å². The maximum atomic E-state index is 5.68. The van der Waals surface area contributed by atoms with Crippen LogP contribution in [0.25, 0.3) is 10.4 Å². The average molecular weight is 312 g/mol. The van der Waals surface area contributed by atoms with Gasteiger partial charge in [-0.25, -0.2) is 0 Å². The Labute approximate surface area is 138 Å². The van der Waals surface area contributed by atoms with Gasteiger partial charge in [0.15, 0.2) is 0 Å². The minimum absolute atomic E-state index is 0.601. The second kappa shape index (κ2) is 9.26. The Kier molecular flexibility index (Phi) is 6.98. The van der Waals surface area contributed by atoms with E-state index in [1.54, 1.807) is 0 Å². The molecule has 2 rings (SSSR count). The minimum Gasteiger partial charge on any atom is -0.490 e. The van der Waals surface area contributed by atoms with Crippen LogP contribution >= 0.6 is 11.3 Å². The summed E-state index contributed by atoms with van der Waals surface area (Å²) in [5.41, 5.74) is 1.27. The topological polar surface area (TPSA) is 9.23 Å². The maximum absolute atomic E-state index is 5.68. The normalized spacial score (nSPS) is 11.5. The third kappa shape index (κ3) is 5.19. The smallest absolute Gasteiger partial charge is 0.119 e. The highest BCUT2D eigenvalue weighted by atomic mass is 32.1. The summed E-state index contributed by atoms with van der Waals surface area (Å²) in [5, 5.41) is 0. The molecular weight excluding hydrogens is 288 g/mol. The van der Waals surface area contributed by atoms with Crippen molar-refractivity contribution < 1.29 is 4.74 Å². The lowest BCUT2D eigenvalue weighted by Crippen LogP contribution is -1.92. The summed E-state index contributed by atoms with van der Waals surface area (Å²) in [6.45, 7) is 4.84. The second-order valence-electron chi connectivity index (χ2n) is 5.16. The molecule has 0 radical (unpaired) electrons. The van der Waals surface area contributed by atoms with E-state index < -0.39 is 0 Å². The van der Waals surface area contributed by atoms with Gasteiger partial charge in [-0.1, -0.05) is 31.6 Å². The maximum Gasteiger partial charge on any atom is 0.119 e. The molecule has 0 fully saturated rings. The van der Waals surface area contributed by atoms with E-state index in [-0.39, 0.29) is 0 Å². The number of thiophene rings is 1. The van der Waals surface area contributed by atoms with Crippen LogP contribution in [0.4, 0.5) is 0 Å². The number of ether oxygens (including phenoxy) is 1. The Morgan fingerprint density at radius 2 is 1.86 bits per heavy atom. The van der Waals surface area contributed by atoms with Gasteiger partial charge >= 0.3 is 0 Å². The molecule has 0 aliphatic rings. The number of aryl methyl sites for hydroxylation is 1. The highest BCUT2D eigenvalue weighted by Crippen LogP contribution is 2.30. The number of allylic oxidation sites excluding steroid dienone is 3. The van der Waals surface area contributed by atoms with Crippen molar-refractivity contribution in [2.75, 3.05) is 6.61 Å². The molecule has 0 unspecified atom stereocenters. The van der Waals surface area contributed by atoms with Crippen molar-refractivity contribution in [1.29, 1.82) is 0 Å². The van der Waals surface area contributed by atoms with E-state index in [4.69, 9.17) is 4.74 Å².